The highest BCUT2D eigenvalue weighted by atomic mass is 16.7. The van der Waals surface area contributed by atoms with Gasteiger partial charge in [0.1, 0.15) is 12.2 Å². The molecule has 1 aromatic rings. The molecule has 0 bridgehead atoms. The Hall–Kier alpha value is -2.59. The lowest BCUT2D eigenvalue weighted by Crippen LogP contribution is -2.41. The summed E-state index contributed by atoms with van der Waals surface area (Å²) in [6, 6.07) is 9.37. The fourth-order valence-corrected chi connectivity index (χ4v) is 3.27. The third kappa shape index (κ3) is 11.6. The van der Waals surface area contributed by atoms with Gasteiger partial charge in [-0.25, -0.2) is 4.79 Å². The molecule has 1 atom stereocenters. The topological polar surface area (TPSA) is 140 Å². The lowest BCUT2D eigenvalue weighted by atomic mass is 9.80. The number of benzene rings is 1. The molecule has 1 unspecified atom stereocenters. The Balaban J connectivity index is 0.000000462. The number of carbonyl (C=O) groups excluding carboxylic acids is 3. The van der Waals surface area contributed by atoms with Crippen LogP contribution in [0.25, 0.3) is 0 Å². The molecule has 35 heavy (non-hydrogen) atoms. The number of primary amides is 2. The summed E-state index contributed by atoms with van der Waals surface area (Å²) in [6.45, 7) is 13.6. The lowest BCUT2D eigenvalue weighted by Gasteiger charge is -2.32. The van der Waals surface area contributed by atoms with Crippen LogP contribution < -0.4 is 11.5 Å². The quantitative estimate of drug-likeness (QED) is 0.393. The molecule has 10 heteroatoms. The molecule has 1 heterocycles. The number of esters is 1. The molecule has 0 aromatic heterocycles. The van der Waals surface area contributed by atoms with Gasteiger partial charge in [-0.05, 0) is 66.8 Å². The Bertz CT molecular complexity index is 822. The summed E-state index contributed by atoms with van der Waals surface area (Å²) in [7, 11) is -0.301. The van der Waals surface area contributed by atoms with E-state index in [1.807, 2.05) is 58.0 Å². The van der Waals surface area contributed by atoms with Gasteiger partial charge in [0.25, 0.3) is 0 Å². The number of rotatable bonds is 9. The summed E-state index contributed by atoms with van der Waals surface area (Å²) >= 11 is 0. The molecule has 1 fully saturated rings. The Labute approximate surface area is 209 Å². The van der Waals surface area contributed by atoms with Crippen molar-refractivity contribution in [3.05, 3.63) is 35.9 Å². The first-order valence-corrected chi connectivity index (χ1v) is 11.9. The number of amides is 2. The van der Waals surface area contributed by atoms with Gasteiger partial charge < -0.3 is 30.2 Å². The zero-order chi connectivity index (χ0) is 26.9. The van der Waals surface area contributed by atoms with E-state index < -0.39 is 29.5 Å². The Morgan fingerprint density at radius 2 is 1.54 bits per heavy atom. The number of hydrogen-bond donors (Lipinski definition) is 2. The molecule has 2 amide bonds. The fraction of sp³-hybridized carbons (Fsp3) is 0.640. The van der Waals surface area contributed by atoms with Crippen LogP contribution >= 0.6 is 0 Å². The number of carbonyl (C=O) groups is 3. The second kappa shape index (κ2) is 12.9. The minimum atomic E-state index is -0.742. The average Bonchev–Trinajstić information content (AvgIpc) is 2.91. The minimum Gasteiger partial charge on any atom is -0.460 e. The van der Waals surface area contributed by atoms with Crippen LogP contribution in [0.3, 0.4) is 0 Å². The van der Waals surface area contributed by atoms with Crippen molar-refractivity contribution in [2.75, 3.05) is 0 Å². The summed E-state index contributed by atoms with van der Waals surface area (Å²) in [4.78, 5) is 33.6. The molecule has 0 spiro atoms. The summed E-state index contributed by atoms with van der Waals surface area (Å²) in [5, 5.41) is 0. The van der Waals surface area contributed by atoms with E-state index in [-0.39, 0.29) is 31.3 Å². The third-order valence-corrected chi connectivity index (χ3v) is 5.75. The van der Waals surface area contributed by atoms with E-state index >= 15 is 0 Å². The van der Waals surface area contributed by atoms with Crippen LogP contribution in [0.15, 0.2) is 30.3 Å². The van der Waals surface area contributed by atoms with E-state index in [0.717, 1.165) is 5.56 Å². The molecular formula is C25H41BN2O7. The molecule has 4 N–H and O–H groups in total. The predicted molar refractivity (Wildman–Crippen MR) is 134 cm³/mol. The Kier molecular flexibility index (Phi) is 11.2. The largest absolute Gasteiger partial charge is 0.460 e. The highest BCUT2D eigenvalue weighted by Gasteiger charge is 2.50. The first-order chi connectivity index (χ1) is 16.0. The van der Waals surface area contributed by atoms with Crippen molar-refractivity contribution in [2.24, 2.45) is 17.4 Å². The second-order valence-electron chi connectivity index (χ2n) is 10.6. The molecule has 0 aliphatic carbocycles. The molecule has 1 aliphatic heterocycles. The van der Waals surface area contributed by atoms with Gasteiger partial charge >= 0.3 is 19.2 Å². The van der Waals surface area contributed by atoms with Crippen molar-refractivity contribution in [2.45, 2.75) is 97.5 Å². The first-order valence-electron chi connectivity index (χ1n) is 11.9. The van der Waals surface area contributed by atoms with Gasteiger partial charge in [0.15, 0.2) is 0 Å². The van der Waals surface area contributed by atoms with Crippen LogP contribution in [0.1, 0.15) is 73.3 Å². The van der Waals surface area contributed by atoms with Gasteiger partial charge in [0.05, 0.1) is 17.6 Å². The van der Waals surface area contributed by atoms with E-state index in [1.54, 1.807) is 20.8 Å². The van der Waals surface area contributed by atoms with E-state index in [9.17, 15) is 14.4 Å². The van der Waals surface area contributed by atoms with Gasteiger partial charge in [0.2, 0.25) is 5.91 Å². The fourth-order valence-electron chi connectivity index (χ4n) is 3.27. The smallest absolute Gasteiger partial charge is 0.457 e. The van der Waals surface area contributed by atoms with Gasteiger partial charge in [0, 0.05) is 5.92 Å². The summed E-state index contributed by atoms with van der Waals surface area (Å²) in [5.41, 5.74) is 9.84. The molecule has 1 aliphatic rings. The van der Waals surface area contributed by atoms with Crippen molar-refractivity contribution in [3.63, 3.8) is 0 Å². The van der Waals surface area contributed by atoms with Crippen molar-refractivity contribution >= 4 is 25.1 Å². The van der Waals surface area contributed by atoms with E-state index in [4.69, 9.17) is 25.5 Å². The normalized spacial score (nSPS) is 17.1. The predicted octanol–water partition coefficient (Wildman–Crippen LogP) is 3.97. The maximum absolute atomic E-state index is 11.9. The standard InChI is InChI=1S/C17H32BNO5.C8H9NO2/c1-15(2,3)22-13(20)11-12(14(19)21)9-8-10-18-23-16(4,5)17(6,7)24-18;9-8(10)11-6-7-4-2-1-3-5-7/h12H,8-11H2,1-7H3,(H2,19,21);1-5H,6H2,(H2,9,10). The van der Waals surface area contributed by atoms with Gasteiger partial charge in [-0.15, -0.1) is 0 Å². The summed E-state index contributed by atoms with van der Waals surface area (Å²) in [5.74, 6) is -1.40. The molecule has 196 valence electrons. The van der Waals surface area contributed by atoms with Crippen molar-refractivity contribution < 1.29 is 33.2 Å². The van der Waals surface area contributed by atoms with Crippen LogP contribution in [0.2, 0.25) is 6.32 Å². The summed E-state index contributed by atoms with van der Waals surface area (Å²) in [6.07, 6.45) is 1.13. The second-order valence-corrected chi connectivity index (χ2v) is 10.6. The summed E-state index contributed by atoms with van der Waals surface area (Å²) < 4.78 is 21.7. The van der Waals surface area contributed by atoms with Crippen LogP contribution in [-0.2, 0) is 35.0 Å². The average molecular weight is 492 g/mol. The number of ether oxygens (including phenoxy) is 2. The Morgan fingerprint density at radius 1 is 1.00 bits per heavy atom. The molecule has 0 saturated carbocycles. The molecule has 9 nitrogen and oxygen atoms in total. The van der Waals surface area contributed by atoms with Gasteiger partial charge in [-0.2, -0.15) is 0 Å². The third-order valence-electron chi connectivity index (χ3n) is 5.75. The SMILES string of the molecule is CC(C)(C)OC(=O)CC(CCCB1OC(C)(C)C(C)(C)O1)C(N)=O.NC(=O)OCc1ccccc1. The van der Waals surface area contributed by atoms with Crippen LogP contribution in [0.4, 0.5) is 4.79 Å². The number of hydrogen-bond acceptors (Lipinski definition) is 7. The van der Waals surface area contributed by atoms with Gasteiger partial charge in [-0.1, -0.05) is 36.8 Å². The maximum Gasteiger partial charge on any atom is 0.457 e. The zero-order valence-electron chi connectivity index (χ0n) is 22.1. The van der Waals surface area contributed by atoms with E-state index in [1.165, 1.54) is 0 Å². The van der Waals surface area contributed by atoms with Crippen LogP contribution in [0.5, 0.6) is 0 Å². The van der Waals surface area contributed by atoms with Crippen molar-refractivity contribution in [1.82, 2.24) is 0 Å². The van der Waals surface area contributed by atoms with Crippen LogP contribution in [-0.4, -0.2) is 41.9 Å². The monoisotopic (exact) mass is 492 g/mol. The molecule has 2 rings (SSSR count). The molecule has 0 radical (unpaired) electrons. The minimum absolute atomic E-state index is 0.00989. The van der Waals surface area contributed by atoms with E-state index in [2.05, 4.69) is 4.74 Å². The van der Waals surface area contributed by atoms with Crippen LogP contribution in [0, 0.1) is 5.92 Å². The van der Waals surface area contributed by atoms with Crippen molar-refractivity contribution in [1.29, 1.82) is 0 Å². The van der Waals surface area contributed by atoms with Gasteiger partial charge in [-0.3, -0.25) is 9.59 Å². The Morgan fingerprint density at radius 3 is 2.00 bits per heavy atom. The zero-order valence-corrected chi connectivity index (χ0v) is 22.1. The maximum atomic E-state index is 11.9. The lowest BCUT2D eigenvalue weighted by molar-refractivity contribution is -0.157. The van der Waals surface area contributed by atoms with E-state index in [0.29, 0.717) is 19.2 Å². The molecule has 1 aromatic carbocycles. The molecular weight excluding hydrogens is 451 g/mol. The highest BCUT2D eigenvalue weighted by molar-refractivity contribution is 6.45. The first kappa shape index (κ1) is 30.4. The number of nitrogens with two attached hydrogens (primary N) is 2. The molecule has 1 saturated heterocycles. The highest BCUT2D eigenvalue weighted by Crippen LogP contribution is 2.38. The van der Waals surface area contributed by atoms with Crippen molar-refractivity contribution in [3.8, 4) is 0 Å².